The lowest BCUT2D eigenvalue weighted by atomic mass is 10.0. The molecule has 6 nitrogen and oxygen atoms in total. The summed E-state index contributed by atoms with van der Waals surface area (Å²) in [6.07, 6.45) is 1.36. The van der Waals surface area contributed by atoms with Crippen LogP contribution in [0.4, 0.5) is 8.78 Å². The van der Waals surface area contributed by atoms with Crippen LogP contribution in [0.2, 0.25) is 0 Å². The third-order valence-electron chi connectivity index (χ3n) is 2.81. The van der Waals surface area contributed by atoms with Gasteiger partial charge in [-0.2, -0.15) is 4.98 Å². The molecule has 0 amide bonds. The molecule has 0 aliphatic rings. The Labute approximate surface area is 119 Å². The molecule has 8 heteroatoms. The van der Waals surface area contributed by atoms with Crippen molar-refractivity contribution in [3.63, 3.8) is 0 Å². The third-order valence-corrected chi connectivity index (χ3v) is 2.81. The highest BCUT2D eigenvalue weighted by molar-refractivity contribution is 5.34. The molecule has 21 heavy (non-hydrogen) atoms. The zero-order valence-corrected chi connectivity index (χ0v) is 11.4. The molecule has 0 saturated heterocycles. The Bertz CT molecular complexity index is 619. The lowest BCUT2D eigenvalue weighted by molar-refractivity contribution is 0.352. The number of hydrogen-bond donors (Lipinski definition) is 2. The zero-order valence-electron chi connectivity index (χ0n) is 11.4. The molecule has 2 rings (SSSR count). The van der Waals surface area contributed by atoms with E-state index in [1.807, 2.05) is 0 Å². The largest absolute Gasteiger partial charge is 0.480 e. The molecule has 0 aliphatic heterocycles. The maximum atomic E-state index is 13.3. The molecule has 1 aromatic heterocycles. The van der Waals surface area contributed by atoms with Crippen molar-refractivity contribution in [2.75, 3.05) is 14.2 Å². The number of hydrazine groups is 1. The molecule has 1 heterocycles. The van der Waals surface area contributed by atoms with Gasteiger partial charge in [-0.05, 0) is 17.7 Å². The van der Waals surface area contributed by atoms with E-state index in [4.69, 9.17) is 15.3 Å². The smallest absolute Gasteiger partial charge is 0.240 e. The van der Waals surface area contributed by atoms with Crippen LogP contribution in [0.15, 0.2) is 24.4 Å². The molecular weight excluding hydrogens is 282 g/mol. The van der Waals surface area contributed by atoms with Gasteiger partial charge in [0, 0.05) is 6.07 Å². The van der Waals surface area contributed by atoms with Crippen LogP contribution in [-0.2, 0) is 0 Å². The van der Waals surface area contributed by atoms with Crippen molar-refractivity contribution in [2.45, 2.75) is 6.04 Å². The number of nitrogens with two attached hydrogens (primary N) is 1. The van der Waals surface area contributed by atoms with Gasteiger partial charge >= 0.3 is 0 Å². The summed E-state index contributed by atoms with van der Waals surface area (Å²) in [5, 5.41) is 0. The van der Waals surface area contributed by atoms with Gasteiger partial charge in [0.2, 0.25) is 11.8 Å². The van der Waals surface area contributed by atoms with E-state index in [9.17, 15) is 8.78 Å². The number of nitrogens with one attached hydrogen (secondary N) is 1. The van der Waals surface area contributed by atoms with Crippen LogP contribution in [0, 0.1) is 11.6 Å². The molecule has 0 spiro atoms. The molecule has 2 aromatic rings. The summed E-state index contributed by atoms with van der Waals surface area (Å²) in [5.74, 6) is 4.44. The molecule has 0 radical (unpaired) electrons. The number of methoxy groups -OCH3 is 2. The van der Waals surface area contributed by atoms with Gasteiger partial charge in [0.1, 0.15) is 17.3 Å². The highest BCUT2D eigenvalue weighted by atomic mass is 19.1. The van der Waals surface area contributed by atoms with Crippen molar-refractivity contribution in [1.82, 2.24) is 15.4 Å². The summed E-state index contributed by atoms with van der Waals surface area (Å²) in [7, 11) is 2.83. The average molecular weight is 296 g/mol. The molecule has 0 aliphatic carbocycles. The Balaban J connectivity index is 2.50. The molecule has 0 saturated carbocycles. The minimum Gasteiger partial charge on any atom is -0.480 e. The van der Waals surface area contributed by atoms with Gasteiger partial charge in [-0.15, -0.1) is 0 Å². The van der Waals surface area contributed by atoms with E-state index in [1.165, 1.54) is 20.4 Å². The molecule has 1 atom stereocenters. The zero-order chi connectivity index (χ0) is 15.4. The Morgan fingerprint density at radius 2 is 1.81 bits per heavy atom. The fourth-order valence-electron chi connectivity index (χ4n) is 1.89. The van der Waals surface area contributed by atoms with Gasteiger partial charge in [-0.25, -0.2) is 19.2 Å². The monoisotopic (exact) mass is 296 g/mol. The standard InChI is InChI=1S/C13H14F2N4O2/c1-20-10-6-17-12(13(18-10)21-2)11(19-16)7-3-8(14)5-9(15)4-7/h3-6,11,19H,16H2,1-2H3. The Morgan fingerprint density at radius 1 is 1.14 bits per heavy atom. The van der Waals surface area contributed by atoms with Crippen molar-refractivity contribution < 1.29 is 18.3 Å². The summed E-state index contributed by atoms with van der Waals surface area (Å²) in [4.78, 5) is 8.19. The number of ether oxygens (including phenoxy) is 2. The number of nitrogens with zero attached hydrogens (tertiary/aromatic N) is 2. The predicted octanol–water partition coefficient (Wildman–Crippen LogP) is 1.32. The first kappa shape index (κ1) is 15.1. The van der Waals surface area contributed by atoms with Gasteiger partial charge in [-0.1, -0.05) is 0 Å². The van der Waals surface area contributed by atoms with Crippen molar-refractivity contribution >= 4 is 0 Å². The Morgan fingerprint density at radius 3 is 2.33 bits per heavy atom. The lowest BCUT2D eigenvalue weighted by Gasteiger charge is -2.18. The SMILES string of the molecule is COc1cnc(C(NN)c2cc(F)cc(F)c2)c(OC)n1. The van der Waals surface area contributed by atoms with Crippen LogP contribution in [0.1, 0.15) is 17.3 Å². The lowest BCUT2D eigenvalue weighted by Crippen LogP contribution is -2.30. The highest BCUT2D eigenvalue weighted by Crippen LogP contribution is 2.28. The number of rotatable bonds is 5. The first-order valence-electron chi connectivity index (χ1n) is 5.96. The van der Waals surface area contributed by atoms with Gasteiger partial charge in [-0.3, -0.25) is 5.84 Å². The van der Waals surface area contributed by atoms with E-state index in [0.717, 1.165) is 18.2 Å². The van der Waals surface area contributed by atoms with E-state index in [0.29, 0.717) is 0 Å². The molecular formula is C13H14F2N4O2. The van der Waals surface area contributed by atoms with Crippen molar-refractivity contribution in [3.05, 3.63) is 47.3 Å². The molecule has 3 N–H and O–H groups in total. The molecule has 1 unspecified atom stereocenters. The van der Waals surface area contributed by atoms with E-state index >= 15 is 0 Å². The molecule has 112 valence electrons. The molecule has 0 fully saturated rings. The normalized spacial score (nSPS) is 12.0. The second-order valence-corrected chi connectivity index (χ2v) is 4.11. The maximum Gasteiger partial charge on any atom is 0.240 e. The fraction of sp³-hybridized carbons (Fsp3) is 0.231. The van der Waals surface area contributed by atoms with Crippen LogP contribution in [0.5, 0.6) is 11.8 Å². The minimum absolute atomic E-state index is 0.141. The van der Waals surface area contributed by atoms with E-state index in [1.54, 1.807) is 0 Å². The minimum atomic E-state index is -0.788. The first-order valence-corrected chi connectivity index (χ1v) is 5.96. The van der Waals surface area contributed by atoms with Gasteiger partial charge in [0.15, 0.2) is 0 Å². The summed E-state index contributed by atoms with van der Waals surface area (Å²) >= 11 is 0. The average Bonchev–Trinajstić information content (AvgIpc) is 2.47. The van der Waals surface area contributed by atoms with Crippen LogP contribution >= 0.6 is 0 Å². The van der Waals surface area contributed by atoms with E-state index in [2.05, 4.69) is 15.4 Å². The van der Waals surface area contributed by atoms with E-state index < -0.39 is 17.7 Å². The van der Waals surface area contributed by atoms with Gasteiger partial charge < -0.3 is 9.47 Å². The number of halogens is 2. The quantitative estimate of drug-likeness (QED) is 0.640. The topological polar surface area (TPSA) is 82.3 Å². The Kier molecular flexibility index (Phi) is 4.61. The third kappa shape index (κ3) is 3.23. The van der Waals surface area contributed by atoms with Crippen LogP contribution in [0.3, 0.4) is 0 Å². The second kappa shape index (κ2) is 6.42. The number of hydrogen-bond acceptors (Lipinski definition) is 6. The number of benzene rings is 1. The van der Waals surface area contributed by atoms with Crippen molar-refractivity contribution in [3.8, 4) is 11.8 Å². The maximum absolute atomic E-state index is 13.3. The highest BCUT2D eigenvalue weighted by Gasteiger charge is 2.22. The van der Waals surface area contributed by atoms with Crippen LogP contribution < -0.4 is 20.7 Å². The molecule has 0 bridgehead atoms. The predicted molar refractivity (Wildman–Crippen MR) is 70.7 cm³/mol. The molecule has 1 aromatic carbocycles. The van der Waals surface area contributed by atoms with Crippen molar-refractivity contribution in [2.24, 2.45) is 5.84 Å². The summed E-state index contributed by atoms with van der Waals surface area (Å²) in [6.45, 7) is 0. The fourth-order valence-corrected chi connectivity index (χ4v) is 1.89. The summed E-state index contributed by atoms with van der Waals surface area (Å²) < 4.78 is 36.8. The van der Waals surface area contributed by atoms with Gasteiger partial charge in [0.25, 0.3) is 0 Å². The Hall–Kier alpha value is -2.32. The summed E-state index contributed by atoms with van der Waals surface area (Å²) in [6, 6.07) is 2.29. The van der Waals surface area contributed by atoms with Crippen molar-refractivity contribution in [1.29, 1.82) is 0 Å². The van der Waals surface area contributed by atoms with Crippen LogP contribution in [0.25, 0.3) is 0 Å². The number of aromatic nitrogens is 2. The van der Waals surface area contributed by atoms with Gasteiger partial charge in [0.05, 0.1) is 26.5 Å². The van der Waals surface area contributed by atoms with E-state index in [-0.39, 0.29) is 23.0 Å². The summed E-state index contributed by atoms with van der Waals surface area (Å²) in [5.41, 5.74) is 2.98. The first-order chi connectivity index (χ1) is 10.1. The second-order valence-electron chi connectivity index (χ2n) is 4.11. The van der Waals surface area contributed by atoms with Crippen LogP contribution in [-0.4, -0.2) is 24.2 Å².